The highest BCUT2D eigenvalue weighted by molar-refractivity contribution is 14.0. The lowest BCUT2D eigenvalue weighted by Crippen LogP contribution is -2.38. The third-order valence-electron chi connectivity index (χ3n) is 4.05. The van der Waals surface area contributed by atoms with Crippen LogP contribution in [0.1, 0.15) is 29.3 Å². The molecule has 1 heterocycles. The Kier molecular flexibility index (Phi) is 9.81. The summed E-state index contributed by atoms with van der Waals surface area (Å²) >= 11 is 1.58. The molecule has 1 N–H and O–H groups in total. The molecule has 2 rings (SSSR count). The molecular formula is C18H27IN4O3S2. The third kappa shape index (κ3) is 6.98. The van der Waals surface area contributed by atoms with Crippen LogP contribution in [0.2, 0.25) is 0 Å². The average molecular weight is 538 g/mol. The van der Waals surface area contributed by atoms with Gasteiger partial charge in [0, 0.05) is 39.4 Å². The maximum atomic E-state index is 11.5. The summed E-state index contributed by atoms with van der Waals surface area (Å²) in [4.78, 5) is 11.2. The van der Waals surface area contributed by atoms with Crippen molar-refractivity contribution in [2.45, 2.75) is 31.0 Å². The number of aromatic nitrogens is 1. The second-order valence-corrected chi connectivity index (χ2v) is 9.13. The maximum Gasteiger partial charge on any atom is 0.194 e. The summed E-state index contributed by atoms with van der Waals surface area (Å²) in [7, 11) is 2.17. The van der Waals surface area contributed by atoms with E-state index in [0.717, 1.165) is 22.2 Å². The van der Waals surface area contributed by atoms with E-state index in [1.54, 1.807) is 49.8 Å². The van der Waals surface area contributed by atoms with E-state index in [1.165, 1.54) is 6.26 Å². The molecule has 10 heteroatoms. The minimum Gasteiger partial charge on any atom is -0.375 e. The molecule has 2 aromatic rings. The molecule has 0 radical (unpaired) electrons. The third-order valence-corrected chi connectivity index (χ3v) is 6.23. The van der Waals surface area contributed by atoms with Gasteiger partial charge in [0.1, 0.15) is 11.1 Å². The molecule has 0 amide bonds. The second-order valence-electron chi connectivity index (χ2n) is 6.23. The summed E-state index contributed by atoms with van der Waals surface area (Å²) in [5.74, 6) is 0.733. The Hall–Kier alpha value is -1.24. The summed E-state index contributed by atoms with van der Waals surface area (Å²) in [5.41, 5.74) is 1.93. The highest BCUT2D eigenvalue weighted by atomic mass is 127. The van der Waals surface area contributed by atoms with Gasteiger partial charge < -0.3 is 15.0 Å². The number of rotatable bonds is 7. The van der Waals surface area contributed by atoms with Crippen LogP contribution in [-0.2, 0) is 27.7 Å². The summed E-state index contributed by atoms with van der Waals surface area (Å²) in [6.45, 7) is 3.14. The van der Waals surface area contributed by atoms with Crippen LogP contribution in [0.4, 0.5) is 0 Å². The number of nitrogens with zero attached hydrogens (tertiary/aromatic N) is 3. The number of thiazole rings is 1. The van der Waals surface area contributed by atoms with Crippen LogP contribution >= 0.6 is 35.3 Å². The molecule has 1 unspecified atom stereocenters. The van der Waals surface area contributed by atoms with Crippen molar-refractivity contribution in [3.63, 3.8) is 0 Å². The van der Waals surface area contributed by atoms with Crippen LogP contribution in [0.3, 0.4) is 0 Å². The summed E-state index contributed by atoms with van der Waals surface area (Å²) in [6, 6.07) is 6.84. The number of nitrogens with one attached hydrogen (secondary N) is 1. The molecule has 1 atom stereocenters. The first kappa shape index (κ1) is 24.8. The predicted molar refractivity (Wildman–Crippen MR) is 124 cm³/mol. The SMILES string of the molecule is CN=C(NCc1ccc(S(C)(=O)=O)cc1)N(C)Cc1csc(C(C)OC)n1.I. The molecule has 0 aliphatic heterocycles. The first-order valence-corrected chi connectivity index (χ1v) is 11.2. The molecule has 0 aliphatic rings. The lowest BCUT2D eigenvalue weighted by molar-refractivity contribution is 0.119. The fraction of sp³-hybridized carbons (Fsp3) is 0.444. The number of hydrogen-bond donors (Lipinski definition) is 1. The van der Waals surface area contributed by atoms with E-state index in [0.29, 0.717) is 18.0 Å². The van der Waals surface area contributed by atoms with Crippen molar-refractivity contribution in [1.29, 1.82) is 0 Å². The van der Waals surface area contributed by atoms with Crippen molar-refractivity contribution in [3.8, 4) is 0 Å². The lowest BCUT2D eigenvalue weighted by atomic mass is 10.2. The fourth-order valence-corrected chi connectivity index (χ4v) is 3.89. The average Bonchev–Trinajstić information content (AvgIpc) is 3.09. The Balaban J connectivity index is 0.00000392. The van der Waals surface area contributed by atoms with Crippen molar-refractivity contribution in [3.05, 3.63) is 45.9 Å². The smallest absolute Gasteiger partial charge is 0.194 e. The van der Waals surface area contributed by atoms with Crippen molar-refractivity contribution < 1.29 is 13.2 Å². The van der Waals surface area contributed by atoms with Gasteiger partial charge in [-0.2, -0.15) is 0 Å². The largest absolute Gasteiger partial charge is 0.375 e. The van der Waals surface area contributed by atoms with E-state index in [1.807, 2.05) is 24.3 Å². The highest BCUT2D eigenvalue weighted by Crippen LogP contribution is 2.21. The number of hydrogen-bond acceptors (Lipinski definition) is 6. The van der Waals surface area contributed by atoms with E-state index in [9.17, 15) is 8.42 Å². The molecule has 0 saturated carbocycles. The summed E-state index contributed by atoms with van der Waals surface area (Å²) in [6.07, 6.45) is 1.19. The molecule has 1 aromatic carbocycles. The fourth-order valence-electron chi connectivity index (χ4n) is 2.42. The van der Waals surface area contributed by atoms with Gasteiger partial charge in [0.25, 0.3) is 0 Å². The zero-order chi connectivity index (χ0) is 20.0. The minimum absolute atomic E-state index is 0. The summed E-state index contributed by atoms with van der Waals surface area (Å²) < 4.78 is 28.4. The van der Waals surface area contributed by atoms with Gasteiger partial charge in [-0.25, -0.2) is 13.4 Å². The van der Waals surface area contributed by atoms with Crippen LogP contribution in [0.15, 0.2) is 39.5 Å². The molecule has 0 aliphatic carbocycles. The van der Waals surface area contributed by atoms with Gasteiger partial charge in [0.05, 0.1) is 17.1 Å². The first-order chi connectivity index (χ1) is 12.7. The van der Waals surface area contributed by atoms with Gasteiger partial charge in [0.15, 0.2) is 15.8 Å². The van der Waals surface area contributed by atoms with Gasteiger partial charge >= 0.3 is 0 Å². The van der Waals surface area contributed by atoms with E-state index < -0.39 is 9.84 Å². The highest BCUT2D eigenvalue weighted by Gasteiger charge is 2.13. The molecule has 28 heavy (non-hydrogen) atoms. The Morgan fingerprint density at radius 3 is 2.54 bits per heavy atom. The number of halogens is 1. The van der Waals surface area contributed by atoms with Gasteiger partial charge in [0.2, 0.25) is 0 Å². The Labute approximate surface area is 188 Å². The molecule has 0 spiro atoms. The Morgan fingerprint density at radius 2 is 2.00 bits per heavy atom. The van der Waals surface area contributed by atoms with Crippen LogP contribution in [0, 0.1) is 0 Å². The van der Waals surface area contributed by atoms with E-state index in [-0.39, 0.29) is 30.1 Å². The minimum atomic E-state index is -3.18. The number of benzene rings is 1. The van der Waals surface area contributed by atoms with Crippen molar-refractivity contribution in [2.75, 3.05) is 27.5 Å². The molecule has 1 aromatic heterocycles. The lowest BCUT2D eigenvalue weighted by Gasteiger charge is -2.21. The van der Waals surface area contributed by atoms with Crippen LogP contribution in [-0.4, -0.2) is 51.7 Å². The van der Waals surface area contributed by atoms with Gasteiger partial charge in [-0.3, -0.25) is 4.99 Å². The topological polar surface area (TPSA) is 83.9 Å². The van der Waals surface area contributed by atoms with Crippen LogP contribution in [0.5, 0.6) is 0 Å². The summed E-state index contributed by atoms with van der Waals surface area (Å²) in [5, 5.41) is 6.26. The van der Waals surface area contributed by atoms with E-state index in [2.05, 4.69) is 15.3 Å². The number of ether oxygens (including phenoxy) is 1. The van der Waals surface area contributed by atoms with Crippen molar-refractivity contribution in [1.82, 2.24) is 15.2 Å². The number of methoxy groups -OCH3 is 1. The second kappa shape index (κ2) is 11.1. The van der Waals surface area contributed by atoms with Crippen LogP contribution < -0.4 is 5.32 Å². The standard InChI is InChI=1S/C18H26N4O3S2.HI/c1-13(25-4)17-21-15(12-26-17)11-22(3)18(19-2)20-10-14-6-8-16(9-7-14)27(5,23)24;/h6-9,12-13H,10-11H2,1-5H3,(H,19,20);1H. The zero-order valence-corrected chi connectivity index (χ0v) is 20.6. The van der Waals surface area contributed by atoms with E-state index >= 15 is 0 Å². The van der Waals surface area contributed by atoms with Crippen molar-refractivity contribution >= 4 is 51.1 Å². The number of aliphatic imine (C=N–C) groups is 1. The van der Waals surface area contributed by atoms with Crippen molar-refractivity contribution in [2.24, 2.45) is 4.99 Å². The molecule has 0 saturated heterocycles. The molecule has 7 nitrogen and oxygen atoms in total. The maximum absolute atomic E-state index is 11.5. The quantitative estimate of drug-likeness (QED) is 0.332. The predicted octanol–water partition coefficient (Wildman–Crippen LogP) is 3.08. The first-order valence-electron chi connectivity index (χ1n) is 8.42. The number of sulfone groups is 1. The molecule has 0 fully saturated rings. The molecule has 156 valence electrons. The van der Waals surface area contributed by atoms with Gasteiger partial charge in [-0.05, 0) is 24.6 Å². The Bertz CT molecular complexity index is 882. The zero-order valence-electron chi connectivity index (χ0n) is 16.7. The van der Waals surface area contributed by atoms with Gasteiger partial charge in [-0.1, -0.05) is 12.1 Å². The normalized spacial score (nSPS) is 13.0. The van der Waals surface area contributed by atoms with Crippen LogP contribution in [0.25, 0.3) is 0 Å². The molecular weight excluding hydrogens is 511 g/mol. The number of guanidine groups is 1. The van der Waals surface area contributed by atoms with Gasteiger partial charge in [-0.15, -0.1) is 35.3 Å². The van der Waals surface area contributed by atoms with E-state index in [4.69, 9.17) is 4.74 Å². The Morgan fingerprint density at radius 1 is 1.36 bits per heavy atom. The monoisotopic (exact) mass is 538 g/mol. The molecule has 0 bridgehead atoms.